The van der Waals surface area contributed by atoms with Gasteiger partial charge in [0.2, 0.25) is 17.7 Å². The maximum atomic E-state index is 13.5. The molecule has 2 atom stereocenters. The van der Waals surface area contributed by atoms with Crippen LogP contribution in [0.2, 0.25) is 0 Å². The van der Waals surface area contributed by atoms with Crippen LogP contribution in [0.4, 0.5) is 11.4 Å². The van der Waals surface area contributed by atoms with E-state index >= 15 is 0 Å². The predicted molar refractivity (Wildman–Crippen MR) is 276 cm³/mol. The van der Waals surface area contributed by atoms with Crippen LogP contribution < -0.4 is 31.3 Å². The maximum Gasteiger partial charge on any atom is 0.255 e. The SMILES string of the molecule is C[C@@H](NC(=O)c1cccc(NC2(C(=N)NC(=N)c3ccncc3)CCN(C)CC2)c1)c1ccc(OCCCCCCOCCOCCOCCC(=O)Nc2cccc3c2CN(C2CCC(=O)NC2=O)C3=O)cc1. The van der Waals surface area contributed by atoms with Gasteiger partial charge in [0, 0.05) is 78.7 Å². The number of rotatable bonds is 26. The Morgan fingerprint density at radius 3 is 2.23 bits per heavy atom. The summed E-state index contributed by atoms with van der Waals surface area (Å²) in [5.41, 5.74) is 3.67. The number of benzene rings is 3. The van der Waals surface area contributed by atoms with Crippen LogP contribution >= 0.6 is 0 Å². The molecule has 0 saturated carbocycles. The Morgan fingerprint density at radius 1 is 0.822 bits per heavy atom. The molecule has 0 radical (unpaired) electrons. The summed E-state index contributed by atoms with van der Waals surface area (Å²) in [6.07, 6.45) is 8.99. The van der Waals surface area contributed by atoms with Gasteiger partial charge in [-0.15, -0.1) is 0 Å². The van der Waals surface area contributed by atoms with Crippen LogP contribution in [0.3, 0.4) is 0 Å². The number of ether oxygens (including phenoxy) is 4. The minimum atomic E-state index is -0.742. The van der Waals surface area contributed by atoms with Gasteiger partial charge in [-0.3, -0.25) is 45.1 Å². The van der Waals surface area contributed by atoms with E-state index in [2.05, 4.69) is 43.5 Å². The molecule has 7 N–H and O–H groups in total. The van der Waals surface area contributed by atoms with Crippen LogP contribution in [0.1, 0.15) is 108 Å². The van der Waals surface area contributed by atoms with Crippen molar-refractivity contribution in [1.29, 1.82) is 10.8 Å². The second-order valence-electron chi connectivity index (χ2n) is 18.6. The number of aromatic nitrogens is 1. The van der Waals surface area contributed by atoms with E-state index in [4.69, 9.17) is 29.8 Å². The predicted octanol–water partition coefficient (Wildman–Crippen LogP) is 5.82. The van der Waals surface area contributed by atoms with Crippen molar-refractivity contribution in [2.45, 2.75) is 88.9 Å². The maximum absolute atomic E-state index is 13.5. The Labute approximate surface area is 426 Å². The Morgan fingerprint density at radius 2 is 1.51 bits per heavy atom. The fraction of sp³-hybridized carbons (Fsp3) is 0.444. The number of fused-ring (bicyclic) bond motifs is 1. The Bertz CT molecular complexity index is 2550. The highest BCUT2D eigenvalue weighted by molar-refractivity contribution is 6.10. The first-order valence-electron chi connectivity index (χ1n) is 25.1. The van der Waals surface area contributed by atoms with E-state index < -0.39 is 17.5 Å². The van der Waals surface area contributed by atoms with Gasteiger partial charge in [0.05, 0.1) is 57.6 Å². The molecule has 1 aromatic heterocycles. The Kier molecular flexibility index (Phi) is 19.6. The first kappa shape index (κ1) is 53.7. The molecule has 388 valence electrons. The van der Waals surface area contributed by atoms with Crippen molar-refractivity contribution < 1.29 is 42.9 Å². The number of nitrogens with zero attached hydrogens (tertiary/aromatic N) is 3. The third-order valence-corrected chi connectivity index (χ3v) is 13.3. The molecule has 19 nitrogen and oxygen atoms in total. The molecule has 2 saturated heterocycles. The Hall–Kier alpha value is -7.06. The van der Waals surface area contributed by atoms with E-state index in [1.807, 2.05) is 49.4 Å². The molecule has 5 amide bonds. The van der Waals surface area contributed by atoms with Crippen molar-refractivity contribution in [2.24, 2.45) is 0 Å². The minimum Gasteiger partial charge on any atom is -0.494 e. The number of hydrogen-bond donors (Lipinski definition) is 7. The summed E-state index contributed by atoms with van der Waals surface area (Å²) >= 11 is 0. The van der Waals surface area contributed by atoms with Crippen LogP contribution in [0.15, 0.2) is 91.3 Å². The van der Waals surface area contributed by atoms with Gasteiger partial charge in [0.25, 0.3) is 11.8 Å². The number of carbonyl (C=O) groups excluding carboxylic acids is 5. The highest BCUT2D eigenvalue weighted by atomic mass is 16.5. The number of hydrogen-bond acceptors (Lipinski definition) is 14. The van der Waals surface area contributed by atoms with Crippen molar-refractivity contribution in [2.75, 3.05) is 77.0 Å². The van der Waals surface area contributed by atoms with E-state index in [0.29, 0.717) is 80.4 Å². The number of pyridine rings is 1. The highest BCUT2D eigenvalue weighted by Crippen LogP contribution is 2.33. The molecular formula is C54H68N10O9. The molecule has 3 aliphatic heterocycles. The van der Waals surface area contributed by atoms with E-state index in [0.717, 1.165) is 55.8 Å². The minimum absolute atomic E-state index is 0.119. The molecule has 1 unspecified atom stereocenters. The summed E-state index contributed by atoms with van der Waals surface area (Å²) < 4.78 is 22.9. The number of piperidine rings is 2. The van der Waals surface area contributed by atoms with Crippen molar-refractivity contribution in [3.8, 4) is 5.75 Å². The number of likely N-dealkylation sites (tertiary alicyclic amines) is 1. The van der Waals surface area contributed by atoms with Crippen molar-refractivity contribution in [1.82, 2.24) is 30.7 Å². The lowest BCUT2D eigenvalue weighted by molar-refractivity contribution is -0.137. The fourth-order valence-electron chi connectivity index (χ4n) is 8.98. The summed E-state index contributed by atoms with van der Waals surface area (Å²) in [6, 6.07) is 22.7. The molecule has 7 rings (SSSR count). The zero-order chi connectivity index (χ0) is 51.6. The van der Waals surface area contributed by atoms with Gasteiger partial charge in [-0.1, -0.05) is 30.7 Å². The molecule has 2 fully saturated rings. The van der Waals surface area contributed by atoms with Gasteiger partial charge in [0.15, 0.2) is 0 Å². The molecule has 0 bridgehead atoms. The summed E-state index contributed by atoms with van der Waals surface area (Å²) in [5.74, 6) is -0.481. The summed E-state index contributed by atoms with van der Waals surface area (Å²) in [6.45, 7) is 6.74. The molecule has 3 aliphatic rings. The zero-order valence-corrected chi connectivity index (χ0v) is 41.8. The number of carbonyl (C=O) groups is 5. The monoisotopic (exact) mass is 1000 g/mol. The smallest absolute Gasteiger partial charge is 0.255 e. The molecular weight excluding hydrogens is 933 g/mol. The molecule has 4 heterocycles. The van der Waals surface area contributed by atoms with Crippen molar-refractivity contribution in [3.05, 3.63) is 119 Å². The van der Waals surface area contributed by atoms with Crippen LogP contribution in [0.25, 0.3) is 0 Å². The zero-order valence-electron chi connectivity index (χ0n) is 41.8. The number of amides is 5. The van der Waals surface area contributed by atoms with E-state index in [1.165, 1.54) is 4.90 Å². The molecule has 4 aromatic rings. The van der Waals surface area contributed by atoms with Gasteiger partial charge in [-0.25, -0.2) is 0 Å². The quantitative estimate of drug-likeness (QED) is 0.0170. The van der Waals surface area contributed by atoms with E-state index in [-0.39, 0.29) is 73.8 Å². The van der Waals surface area contributed by atoms with Gasteiger partial charge >= 0.3 is 0 Å². The molecule has 0 aliphatic carbocycles. The number of nitrogens with one attached hydrogen (secondary N) is 7. The van der Waals surface area contributed by atoms with Gasteiger partial charge in [-0.05, 0) is 113 Å². The van der Waals surface area contributed by atoms with Crippen molar-refractivity contribution >= 4 is 52.6 Å². The standard InChI is InChI=1S/C54H68N10O9/c1-37(58-50(67)40-9-7-10-41(35-40)62-54(22-26-63(2)27-23-54)53(56)61-49(55)39-19-24-57-25-20-39)38-13-15-42(16-14-38)73-29-6-4-3-5-28-70-31-33-72-34-32-71-30-21-48(66)59-45-12-8-11-43-44(45)36-64(52(43)69)46-17-18-47(65)60-51(46)68/h7-16,19-20,24-25,35,37,46,62H,3-6,17-18,21-23,26-34,36H2,1-2H3,(H,58,67)(H,59,66)(H3,55,56,61)(H,60,65,68)/t37-,46?/m1/s1. The second-order valence-corrected chi connectivity index (χ2v) is 18.6. The van der Waals surface area contributed by atoms with Gasteiger partial charge < -0.3 is 50.0 Å². The van der Waals surface area contributed by atoms with Crippen LogP contribution in [0.5, 0.6) is 5.75 Å². The topological polar surface area (TPSA) is 249 Å². The summed E-state index contributed by atoms with van der Waals surface area (Å²) in [4.78, 5) is 70.9. The first-order valence-corrected chi connectivity index (χ1v) is 25.1. The van der Waals surface area contributed by atoms with Crippen LogP contribution in [-0.2, 0) is 35.1 Å². The summed E-state index contributed by atoms with van der Waals surface area (Å²) in [5, 5.41) is 32.5. The lowest BCUT2D eigenvalue weighted by Gasteiger charge is -2.42. The van der Waals surface area contributed by atoms with E-state index in [1.54, 1.807) is 48.8 Å². The lowest BCUT2D eigenvalue weighted by Crippen LogP contribution is -2.58. The van der Waals surface area contributed by atoms with E-state index in [9.17, 15) is 24.0 Å². The second kappa shape index (κ2) is 26.6. The third-order valence-electron chi connectivity index (χ3n) is 13.3. The normalized spacial score (nSPS) is 16.8. The number of unbranched alkanes of at least 4 members (excludes halogenated alkanes) is 3. The number of amidine groups is 2. The molecule has 3 aromatic carbocycles. The molecule has 0 spiro atoms. The fourth-order valence-corrected chi connectivity index (χ4v) is 8.98. The molecule has 73 heavy (non-hydrogen) atoms. The Balaban J connectivity index is 0.700. The largest absolute Gasteiger partial charge is 0.494 e. The van der Waals surface area contributed by atoms with Crippen LogP contribution in [0, 0.1) is 10.8 Å². The van der Waals surface area contributed by atoms with Gasteiger partial charge in [-0.2, -0.15) is 0 Å². The van der Waals surface area contributed by atoms with Gasteiger partial charge in [0.1, 0.15) is 23.5 Å². The highest BCUT2D eigenvalue weighted by Gasteiger charge is 2.41. The average Bonchev–Trinajstić information content (AvgIpc) is 3.73. The van der Waals surface area contributed by atoms with Crippen LogP contribution in [-0.4, -0.2) is 134 Å². The third kappa shape index (κ3) is 15.2. The molecule has 19 heteroatoms. The first-order chi connectivity index (χ1) is 35.4. The average molecular weight is 1000 g/mol. The number of imide groups is 1. The summed E-state index contributed by atoms with van der Waals surface area (Å²) in [7, 11) is 2.06. The number of anilines is 2. The van der Waals surface area contributed by atoms with Crippen molar-refractivity contribution in [3.63, 3.8) is 0 Å². The lowest BCUT2D eigenvalue weighted by atomic mass is 9.85.